The molecule has 1 spiro atoms. The van der Waals surface area contributed by atoms with Gasteiger partial charge in [-0.2, -0.15) is 26.3 Å². The first-order valence-electron chi connectivity index (χ1n) is 10.9. The highest BCUT2D eigenvalue weighted by Gasteiger charge is 2.60. The predicted molar refractivity (Wildman–Crippen MR) is 109 cm³/mol. The van der Waals surface area contributed by atoms with Crippen LogP contribution >= 0.6 is 0 Å². The fourth-order valence-electron chi connectivity index (χ4n) is 5.02. The largest absolute Gasteiger partial charge is 0.434 e. The molecule has 2 amide bonds. The number of hydrogen-bond donors (Lipinski definition) is 1. The average Bonchev–Trinajstić information content (AvgIpc) is 3.31. The lowest BCUT2D eigenvalue weighted by Crippen LogP contribution is -2.56. The van der Waals surface area contributed by atoms with Gasteiger partial charge in [0.1, 0.15) is 11.5 Å². The van der Waals surface area contributed by atoms with Gasteiger partial charge in [0, 0.05) is 36.1 Å². The quantitative estimate of drug-likeness (QED) is 0.558. The maximum atomic E-state index is 13.6. The number of amides is 2. The summed E-state index contributed by atoms with van der Waals surface area (Å²) in [6.45, 7) is 1.76. The maximum absolute atomic E-state index is 13.6. The van der Waals surface area contributed by atoms with Gasteiger partial charge in [0.25, 0.3) is 12.0 Å². The number of aryl methyl sites for hydroxylation is 1. The van der Waals surface area contributed by atoms with Crippen molar-refractivity contribution < 1.29 is 45.1 Å². The Bertz CT molecular complexity index is 1120. The summed E-state index contributed by atoms with van der Waals surface area (Å²) in [5, 5.41) is 0.558. The third-order valence-corrected chi connectivity index (χ3v) is 6.84. The molecule has 1 aromatic heterocycles. The second-order valence-corrected chi connectivity index (χ2v) is 8.93. The van der Waals surface area contributed by atoms with Gasteiger partial charge in [-0.1, -0.05) is 0 Å². The number of alkyl halides is 6. The van der Waals surface area contributed by atoms with Crippen LogP contribution in [0.1, 0.15) is 41.7 Å². The van der Waals surface area contributed by atoms with Crippen LogP contribution < -0.4 is 0 Å². The van der Waals surface area contributed by atoms with E-state index in [1.165, 1.54) is 18.2 Å². The van der Waals surface area contributed by atoms with Gasteiger partial charge in [-0.05, 0) is 56.4 Å². The van der Waals surface area contributed by atoms with Gasteiger partial charge in [-0.15, -0.1) is 0 Å². The van der Waals surface area contributed by atoms with Crippen molar-refractivity contribution in [3.8, 4) is 0 Å². The molecule has 2 aliphatic rings. The number of carbonyl (C=O) groups is 2. The number of fused-ring (bicyclic) bond motifs is 1. The highest BCUT2D eigenvalue weighted by Crippen LogP contribution is 2.41. The van der Waals surface area contributed by atoms with E-state index in [0.29, 0.717) is 35.9 Å². The molecule has 13 heteroatoms. The van der Waals surface area contributed by atoms with Gasteiger partial charge < -0.3 is 19.5 Å². The topological polar surface area (TPSA) is 65.6 Å². The first-order chi connectivity index (χ1) is 16.2. The summed E-state index contributed by atoms with van der Waals surface area (Å²) in [4.78, 5) is 31.0. The molecule has 0 unspecified atom stereocenters. The lowest BCUT2D eigenvalue weighted by molar-refractivity contribution is -0.308. The normalized spacial score (nSPS) is 18.7. The molecule has 0 saturated carbocycles. The zero-order chi connectivity index (χ0) is 25.8. The van der Waals surface area contributed by atoms with Crippen molar-refractivity contribution in [1.29, 1.82) is 0 Å². The van der Waals surface area contributed by atoms with Gasteiger partial charge in [-0.3, -0.25) is 4.79 Å². The number of hydrogen-bond acceptors (Lipinski definition) is 3. The van der Waals surface area contributed by atoms with Crippen molar-refractivity contribution in [2.45, 2.75) is 56.6 Å². The molecule has 192 valence electrons. The van der Waals surface area contributed by atoms with E-state index in [1.54, 1.807) is 11.8 Å². The second-order valence-electron chi connectivity index (χ2n) is 8.93. The molecule has 0 radical (unpaired) electrons. The number of rotatable bonds is 2. The van der Waals surface area contributed by atoms with E-state index in [4.69, 9.17) is 0 Å². The molecule has 6 nitrogen and oxygen atoms in total. The van der Waals surface area contributed by atoms with Crippen molar-refractivity contribution in [2.75, 3.05) is 19.6 Å². The van der Waals surface area contributed by atoms with Crippen LogP contribution in [-0.4, -0.2) is 70.4 Å². The van der Waals surface area contributed by atoms with Crippen LogP contribution in [0.5, 0.6) is 0 Å². The minimum absolute atomic E-state index is 0.165. The van der Waals surface area contributed by atoms with Crippen molar-refractivity contribution in [2.24, 2.45) is 0 Å². The molecule has 1 aromatic carbocycles. The number of aromatic amines is 1. The molecule has 0 atom stereocenters. The molecular weight excluding hydrogens is 487 g/mol. The highest BCUT2D eigenvalue weighted by atomic mass is 19.4. The number of carbonyl (C=O) groups excluding carboxylic acids is 2. The first kappa shape index (κ1) is 25.1. The number of nitrogens with one attached hydrogen (secondary N) is 1. The van der Waals surface area contributed by atoms with Crippen LogP contribution in [0.4, 0.5) is 35.5 Å². The molecule has 1 N–H and O–H groups in total. The summed E-state index contributed by atoms with van der Waals surface area (Å²) in [5.41, 5.74) is 0.739. The van der Waals surface area contributed by atoms with E-state index in [2.05, 4.69) is 9.72 Å². The molecule has 0 bridgehead atoms. The van der Waals surface area contributed by atoms with E-state index in [1.807, 2.05) is 0 Å². The molecule has 35 heavy (non-hydrogen) atoms. The maximum Gasteiger partial charge on any atom is 0.434 e. The fraction of sp³-hybridized carbons (Fsp3) is 0.545. The monoisotopic (exact) mass is 509 g/mol. The number of halogens is 7. The number of benzene rings is 1. The summed E-state index contributed by atoms with van der Waals surface area (Å²) in [5.74, 6) is -0.782. The molecule has 2 fully saturated rings. The summed E-state index contributed by atoms with van der Waals surface area (Å²) in [7, 11) is 0. The lowest BCUT2D eigenvalue weighted by Gasteiger charge is -2.44. The van der Waals surface area contributed by atoms with Gasteiger partial charge in [-0.25, -0.2) is 9.18 Å². The van der Waals surface area contributed by atoms with Crippen LogP contribution in [0.3, 0.4) is 0 Å². The Kier molecular flexibility index (Phi) is 6.17. The number of ether oxygens (including phenoxy) is 1. The van der Waals surface area contributed by atoms with Crippen molar-refractivity contribution in [1.82, 2.24) is 14.8 Å². The van der Waals surface area contributed by atoms with E-state index >= 15 is 0 Å². The Hall–Kier alpha value is -2.99. The fourth-order valence-corrected chi connectivity index (χ4v) is 5.02. The van der Waals surface area contributed by atoms with E-state index in [9.17, 15) is 40.3 Å². The molecule has 2 aliphatic heterocycles. The minimum atomic E-state index is -5.79. The Morgan fingerprint density at radius 3 is 2.26 bits per heavy atom. The number of likely N-dealkylation sites (tertiary alicyclic amines) is 2. The Morgan fingerprint density at radius 1 is 1.03 bits per heavy atom. The zero-order valence-corrected chi connectivity index (χ0v) is 18.5. The van der Waals surface area contributed by atoms with Gasteiger partial charge in [0.2, 0.25) is 0 Å². The molecular formula is C22H22F7N3O3. The zero-order valence-electron chi connectivity index (χ0n) is 18.5. The molecule has 4 rings (SSSR count). The Balaban J connectivity index is 1.48. The summed E-state index contributed by atoms with van der Waals surface area (Å²) in [6.07, 6.45) is -15.9. The number of nitrogens with zero attached hydrogens (tertiary/aromatic N) is 2. The Morgan fingerprint density at radius 2 is 1.66 bits per heavy atom. The van der Waals surface area contributed by atoms with Gasteiger partial charge >= 0.3 is 18.4 Å². The standard InChI is InChI=1S/C22H22F7N3O3/c1-12-14-11-13(23)3-4-15(14)30-16(12)17(33)32-8-2-5-20(32)6-9-31(10-7-20)19(34)35-18(21(24,25)26)22(27,28)29/h3-4,11,18,30H,2,5-10H2,1H3. The van der Waals surface area contributed by atoms with Crippen LogP contribution in [-0.2, 0) is 4.74 Å². The number of piperidine rings is 1. The third-order valence-electron chi connectivity index (χ3n) is 6.84. The van der Waals surface area contributed by atoms with Crippen molar-refractivity contribution >= 4 is 22.9 Å². The second kappa shape index (κ2) is 8.59. The molecule has 0 aliphatic carbocycles. The van der Waals surface area contributed by atoms with Crippen molar-refractivity contribution in [3.63, 3.8) is 0 Å². The van der Waals surface area contributed by atoms with Crippen LogP contribution in [0, 0.1) is 12.7 Å². The lowest BCUT2D eigenvalue weighted by atomic mass is 9.85. The molecule has 3 heterocycles. The summed E-state index contributed by atoms with van der Waals surface area (Å²) >= 11 is 0. The van der Waals surface area contributed by atoms with E-state index in [-0.39, 0.29) is 37.5 Å². The van der Waals surface area contributed by atoms with Crippen LogP contribution in [0.15, 0.2) is 18.2 Å². The smallest absolute Gasteiger partial charge is 0.426 e. The predicted octanol–water partition coefficient (Wildman–Crippen LogP) is 5.32. The summed E-state index contributed by atoms with van der Waals surface area (Å²) < 4.78 is 93.8. The van der Waals surface area contributed by atoms with Gasteiger partial charge in [0.15, 0.2) is 0 Å². The SMILES string of the molecule is Cc1c(C(=O)N2CCCC23CCN(C(=O)OC(C(F)(F)F)C(F)(F)F)CC3)[nH]c2ccc(F)cc12. The highest BCUT2D eigenvalue weighted by molar-refractivity contribution is 6.01. The van der Waals surface area contributed by atoms with Crippen LogP contribution in [0.25, 0.3) is 10.9 Å². The third kappa shape index (κ3) is 4.64. The average molecular weight is 509 g/mol. The number of H-pyrrole nitrogens is 1. The number of aromatic nitrogens is 1. The minimum Gasteiger partial charge on any atom is -0.426 e. The van der Waals surface area contributed by atoms with Crippen molar-refractivity contribution in [3.05, 3.63) is 35.3 Å². The van der Waals surface area contributed by atoms with Gasteiger partial charge in [0.05, 0.1) is 0 Å². The van der Waals surface area contributed by atoms with E-state index in [0.717, 1.165) is 4.90 Å². The first-order valence-corrected chi connectivity index (χ1v) is 10.9. The summed E-state index contributed by atoms with van der Waals surface area (Å²) in [6, 6.07) is 4.10. The van der Waals surface area contributed by atoms with Crippen LogP contribution in [0.2, 0.25) is 0 Å². The molecule has 2 aromatic rings. The molecule has 2 saturated heterocycles. The Labute approximate surface area is 195 Å². The van der Waals surface area contributed by atoms with E-state index < -0.39 is 35.9 Å².